The number of hydrogen-bond donors (Lipinski definition) is 1. The number of carbonyl (C=O) groups is 4. The highest BCUT2D eigenvalue weighted by molar-refractivity contribution is 6.29. The first-order valence-electron chi connectivity index (χ1n) is 8.10. The molecule has 128 valence electrons. The SMILES string of the molecule is CC(=O)CC[C@H]1C=CC2=C(C(=O)c3cc(O)ccc3C2=O)[C@@]1(C)C=O. The molecule has 0 aromatic heterocycles. The van der Waals surface area contributed by atoms with E-state index in [1.807, 2.05) is 0 Å². The van der Waals surface area contributed by atoms with E-state index in [9.17, 15) is 24.3 Å². The largest absolute Gasteiger partial charge is 0.508 e. The Bertz CT molecular complexity index is 874. The van der Waals surface area contributed by atoms with Crippen LogP contribution in [0, 0.1) is 11.3 Å². The van der Waals surface area contributed by atoms with Gasteiger partial charge in [-0.1, -0.05) is 12.2 Å². The van der Waals surface area contributed by atoms with Crippen molar-refractivity contribution in [2.75, 3.05) is 0 Å². The van der Waals surface area contributed by atoms with Gasteiger partial charge in [-0.3, -0.25) is 9.59 Å². The maximum atomic E-state index is 13.0. The molecule has 0 radical (unpaired) electrons. The van der Waals surface area contributed by atoms with E-state index in [-0.39, 0.29) is 45.5 Å². The quantitative estimate of drug-likeness (QED) is 0.853. The Morgan fingerprint density at radius 2 is 1.96 bits per heavy atom. The van der Waals surface area contributed by atoms with E-state index in [0.29, 0.717) is 19.1 Å². The minimum absolute atomic E-state index is 0.00254. The standard InChI is InChI=1S/C20H18O5/c1-11(22)3-4-12-5-7-15-17(20(12,2)10-21)19(25)16-9-13(23)6-8-14(16)18(15)24/h5-10,12,23H,3-4H2,1-2H3/t12-,20-/m0/s1. The molecule has 25 heavy (non-hydrogen) atoms. The first-order valence-corrected chi connectivity index (χ1v) is 8.10. The number of aromatic hydroxyl groups is 1. The van der Waals surface area contributed by atoms with Gasteiger partial charge in [-0.25, -0.2) is 0 Å². The molecule has 0 saturated carbocycles. The third-order valence-corrected chi connectivity index (χ3v) is 5.09. The van der Waals surface area contributed by atoms with Gasteiger partial charge in [-0.15, -0.1) is 0 Å². The summed E-state index contributed by atoms with van der Waals surface area (Å²) >= 11 is 0. The summed E-state index contributed by atoms with van der Waals surface area (Å²) in [5.74, 6) is -1.21. The molecule has 0 fully saturated rings. The lowest BCUT2D eigenvalue weighted by atomic mass is 9.62. The number of allylic oxidation sites excluding steroid dienone is 4. The van der Waals surface area contributed by atoms with Crippen LogP contribution in [-0.4, -0.2) is 28.7 Å². The second-order valence-corrected chi connectivity index (χ2v) is 6.78. The number of hydrogen-bond acceptors (Lipinski definition) is 5. The number of Topliss-reactive ketones (excluding diaryl/α,β-unsaturated/α-hetero) is 3. The minimum atomic E-state index is -1.19. The monoisotopic (exact) mass is 338 g/mol. The van der Waals surface area contributed by atoms with Gasteiger partial charge in [0.2, 0.25) is 0 Å². The topological polar surface area (TPSA) is 88.5 Å². The van der Waals surface area contributed by atoms with Crippen LogP contribution in [0.3, 0.4) is 0 Å². The number of carbonyl (C=O) groups excluding carboxylic acids is 4. The third kappa shape index (κ3) is 2.56. The van der Waals surface area contributed by atoms with Gasteiger partial charge in [0.25, 0.3) is 0 Å². The summed E-state index contributed by atoms with van der Waals surface area (Å²) in [4.78, 5) is 49.1. The fourth-order valence-electron chi connectivity index (χ4n) is 3.63. The third-order valence-electron chi connectivity index (χ3n) is 5.09. The Hall–Kier alpha value is -2.82. The van der Waals surface area contributed by atoms with Crippen molar-refractivity contribution in [1.82, 2.24) is 0 Å². The second kappa shape index (κ2) is 5.92. The van der Waals surface area contributed by atoms with Crippen LogP contribution in [0.25, 0.3) is 0 Å². The highest BCUT2D eigenvalue weighted by atomic mass is 16.3. The van der Waals surface area contributed by atoms with Crippen LogP contribution in [0.4, 0.5) is 0 Å². The summed E-state index contributed by atoms with van der Waals surface area (Å²) in [6, 6.07) is 4.03. The average molecular weight is 338 g/mol. The molecule has 0 saturated heterocycles. The second-order valence-electron chi connectivity index (χ2n) is 6.78. The summed E-state index contributed by atoms with van der Waals surface area (Å²) in [6.07, 6.45) is 4.73. The Morgan fingerprint density at radius 3 is 2.60 bits per heavy atom. The molecule has 2 aliphatic rings. The molecule has 3 rings (SSSR count). The summed E-state index contributed by atoms with van der Waals surface area (Å²) in [5.41, 5.74) is -0.479. The van der Waals surface area contributed by atoms with E-state index >= 15 is 0 Å². The summed E-state index contributed by atoms with van der Waals surface area (Å²) in [5, 5.41) is 9.67. The molecule has 5 nitrogen and oxygen atoms in total. The van der Waals surface area contributed by atoms with Crippen molar-refractivity contribution in [2.45, 2.75) is 26.7 Å². The highest BCUT2D eigenvalue weighted by Crippen LogP contribution is 2.46. The van der Waals surface area contributed by atoms with Gasteiger partial charge in [-0.05, 0) is 44.4 Å². The zero-order valence-electron chi connectivity index (χ0n) is 14.0. The molecular formula is C20H18O5. The van der Waals surface area contributed by atoms with Crippen LogP contribution in [-0.2, 0) is 9.59 Å². The van der Waals surface area contributed by atoms with Crippen molar-refractivity contribution in [3.63, 3.8) is 0 Å². The number of benzene rings is 1. The van der Waals surface area contributed by atoms with Gasteiger partial charge < -0.3 is 14.7 Å². The zero-order chi connectivity index (χ0) is 18.4. The van der Waals surface area contributed by atoms with Crippen molar-refractivity contribution in [3.8, 4) is 5.75 Å². The van der Waals surface area contributed by atoms with Crippen LogP contribution in [0.15, 0.2) is 41.5 Å². The molecule has 1 aromatic rings. The normalized spacial score (nSPS) is 24.8. The van der Waals surface area contributed by atoms with Crippen molar-refractivity contribution in [1.29, 1.82) is 0 Å². The van der Waals surface area contributed by atoms with Gasteiger partial charge in [0.05, 0.1) is 5.41 Å². The van der Waals surface area contributed by atoms with Gasteiger partial charge in [0, 0.05) is 28.7 Å². The molecule has 0 aliphatic heterocycles. The van der Waals surface area contributed by atoms with Gasteiger partial charge >= 0.3 is 0 Å². The molecule has 0 unspecified atom stereocenters. The Balaban J connectivity index is 2.13. The fraction of sp³-hybridized carbons (Fsp3) is 0.300. The molecule has 5 heteroatoms. The van der Waals surface area contributed by atoms with Gasteiger partial charge in [0.1, 0.15) is 17.8 Å². The van der Waals surface area contributed by atoms with E-state index in [2.05, 4.69) is 0 Å². The lowest BCUT2D eigenvalue weighted by Gasteiger charge is -2.38. The number of phenolic OH excluding ortho intramolecular Hbond substituents is 1. The molecule has 1 aromatic carbocycles. The maximum absolute atomic E-state index is 13.0. The van der Waals surface area contributed by atoms with Gasteiger partial charge in [-0.2, -0.15) is 0 Å². The van der Waals surface area contributed by atoms with E-state index in [1.54, 1.807) is 19.1 Å². The maximum Gasteiger partial charge on any atom is 0.194 e. The molecule has 0 spiro atoms. The molecule has 0 amide bonds. The first-order chi connectivity index (χ1) is 11.8. The molecule has 1 N–H and O–H groups in total. The van der Waals surface area contributed by atoms with Crippen LogP contribution in [0.1, 0.15) is 47.4 Å². The Kier molecular flexibility index (Phi) is 4.03. The number of rotatable bonds is 4. The number of ketones is 3. The zero-order valence-corrected chi connectivity index (χ0v) is 14.0. The van der Waals surface area contributed by atoms with Crippen molar-refractivity contribution in [2.24, 2.45) is 11.3 Å². The van der Waals surface area contributed by atoms with Gasteiger partial charge in [0.15, 0.2) is 11.6 Å². The molecular weight excluding hydrogens is 320 g/mol. The van der Waals surface area contributed by atoms with E-state index in [0.717, 1.165) is 0 Å². The van der Waals surface area contributed by atoms with Crippen molar-refractivity contribution < 1.29 is 24.3 Å². The summed E-state index contributed by atoms with van der Waals surface area (Å²) < 4.78 is 0. The highest BCUT2D eigenvalue weighted by Gasteiger charge is 2.47. The number of aldehydes is 1. The fourth-order valence-corrected chi connectivity index (χ4v) is 3.63. The first kappa shape index (κ1) is 17.0. The molecule has 2 aliphatic carbocycles. The predicted molar refractivity (Wildman–Crippen MR) is 90.5 cm³/mol. The van der Waals surface area contributed by atoms with Crippen molar-refractivity contribution in [3.05, 3.63) is 52.6 Å². The minimum Gasteiger partial charge on any atom is -0.508 e. The number of fused-ring (bicyclic) bond motifs is 1. The lowest BCUT2D eigenvalue weighted by molar-refractivity contribution is -0.119. The molecule has 2 atom stereocenters. The number of phenols is 1. The van der Waals surface area contributed by atoms with E-state index in [4.69, 9.17) is 0 Å². The van der Waals surface area contributed by atoms with Crippen LogP contribution >= 0.6 is 0 Å². The summed E-state index contributed by atoms with van der Waals surface area (Å²) in [6.45, 7) is 3.10. The van der Waals surface area contributed by atoms with E-state index in [1.165, 1.54) is 25.1 Å². The van der Waals surface area contributed by atoms with E-state index < -0.39 is 11.2 Å². The smallest absolute Gasteiger partial charge is 0.194 e. The lowest BCUT2D eigenvalue weighted by Crippen LogP contribution is -2.40. The van der Waals surface area contributed by atoms with Crippen LogP contribution in [0.2, 0.25) is 0 Å². The predicted octanol–water partition coefficient (Wildman–Crippen LogP) is 2.83. The van der Waals surface area contributed by atoms with Crippen LogP contribution in [0.5, 0.6) is 5.75 Å². The summed E-state index contributed by atoms with van der Waals surface area (Å²) in [7, 11) is 0. The van der Waals surface area contributed by atoms with Crippen molar-refractivity contribution >= 4 is 23.6 Å². The molecule has 0 heterocycles. The van der Waals surface area contributed by atoms with Crippen LogP contribution < -0.4 is 0 Å². The Morgan fingerprint density at radius 1 is 1.24 bits per heavy atom. The average Bonchev–Trinajstić information content (AvgIpc) is 2.58. The molecule has 0 bridgehead atoms. The Labute approximate surface area is 145 Å².